The van der Waals surface area contributed by atoms with Crippen LogP contribution in [0.4, 0.5) is 5.69 Å². The van der Waals surface area contributed by atoms with Gasteiger partial charge >= 0.3 is 0 Å². The van der Waals surface area contributed by atoms with Crippen molar-refractivity contribution >= 4 is 22.7 Å². The lowest BCUT2D eigenvalue weighted by atomic mass is 10.1. The lowest BCUT2D eigenvalue weighted by Gasteiger charge is -2.06. The molecule has 0 bridgehead atoms. The number of aromatic nitrogens is 1. The molecule has 0 saturated carbocycles. The summed E-state index contributed by atoms with van der Waals surface area (Å²) in [5.74, 6) is 0.650. The molecule has 3 N–H and O–H groups in total. The standard InChI is InChI=1S/C19H21N3O2/c1-13-5-4-8-16-19(13)22-18(24-16)11-12-21-17(23)10-9-14-6-2-3-7-15(14)20/h2-8H,9-12,20H2,1H3,(H,21,23). The number of fused-ring (bicyclic) bond motifs is 1. The molecule has 124 valence electrons. The van der Waals surface area contributed by atoms with Gasteiger partial charge in [0.1, 0.15) is 5.52 Å². The minimum atomic E-state index is 0.00513. The Morgan fingerprint density at radius 2 is 2.00 bits per heavy atom. The lowest BCUT2D eigenvalue weighted by molar-refractivity contribution is -0.121. The van der Waals surface area contributed by atoms with Gasteiger partial charge in [-0.2, -0.15) is 0 Å². The number of carbonyl (C=O) groups is 1. The van der Waals surface area contributed by atoms with Crippen LogP contribution < -0.4 is 11.1 Å². The predicted molar refractivity (Wildman–Crippen MR) is 94.6 cm³/mol. The number of hydrogen-bond acceptors (Lipinski definition) is 4. The van der Waals surface area contributed by atoms with Crippen LogP contribution in [0.5, 0.6) is 0 Å². The van der Waals surface area contributed by atoms with Gasteiger partial charge in [-0.25, -0.2) is 4.98 Å². The van der Waals surface area contributed by atoms with Crippen molar-refractivity contribution < 1.29 is 9.21 Å². The highest BCUT2D eigenvalue weighted by atomic mass is 16.3. The number of nitrogens with one attached hydrogen (secondary N) is 1. The first-order chi connectivity index (χ1) is 11.6. The summed E-state index contributed by atoms with van der Waals surface area (Å²) in [5, 5.41) is 2.90. The molecule has 0 fully saturated rings. The van der Waals surface area contributed by atoms with Crippen LogP contribution in [0.2, 0.25) is 0 Å². The zero-order valence-electron chi connectivity index (χ0n) is 13.7. The lowest BCUT2D eigenvalue weighted by Crippen LogP contribution is -2.26. The molecule has 5 heteroatoms. The summed E-state index contributed by atoms with van der Waals surface area (Å²) < 4.78 is 5.70. The molecule has 0 aliphatic carbocycles. The van der Waals surface area contributed by atoms with Gasteiger partial charge in [-0.15, -0.1) is 0 Å². The van der Waals surface area contributed by atoms with Crippen LogP contribution in [0.25, 0.3) is 11.1 Å². The Kier molecular flexibility index (Phi) is 4.79. The van der Waals surface area contributed by atoms with Crippen LogP contribution in [0, 0.1) is 6.92 Å². The number of anilines is 1. The zero-order valence-corrected chi connectivity index (χ0v) is 13.7. The highest BCUT2D eigenvalue weighted by Crippen LogP contribution is 2.19. The fourth-order valence-corrected chi connectivity index (χ4v) is 2.65. The highest BCUT2D eigenvalue weighted by Gasteiger charge is 2.08. The average molecular weight is 323 g/mol. The second kappa shape index (κ2) is 7.17. The first kappa shape index (κ1) is 16.1. The molecule has 0 saturated heterocycles. The van der Waals surface area contributed by atoms with E-state index in [1.165, 1.54) is 0 Å². The summed E-state index contributed by atoms with van der Waals surface area (Å²) in [6, 6.07) is 13.5. The van der Waals surface area contributed by atoms with Gasteiger partial charge in [0, 0.05) is 25.1 Å². The van der Waals surface area contributed by atoms with E-state index in [1.807, 2.05) is 49.4 Å². The molecule has 0 aliphatic heterocycles. The molecule has 0 radical (unpaired) electrons. The number of nitrogens with two attached hydrogens (primary N) is 1. The van der Waals surface area contributed by atoms with Crippen molar-refractivity contribution in [1.29, 1.82) is 0 Å². The second-order valence-electron chi connectivity index (χ2n) is 5.83. The maximum atomic E-state index is 11.9. The summed E-state index contributed by atoms with van der Waals surface area (Å²) in [5.41, 5.74) is 10.4. The van der Waals surface area contributed by atoms with E-state index < -0.39 is 0 Å². The van der Waals surface area contributed by atoms with E-state index in [9.17, 15) is 4.79 Å². The SMILES string of the molecule is Cc1cccc2oc(CCNC(=O)CCc3ccccc3N)nc12. The third-order valence-corrected chi connectivity index (χ3v) is 4.00. The maximum absolute atomic E-state index is 11.9. The first-order valence-electron chi connectivity index (χ1n) is 8.08. The Bertz CT molecular complexity index is 855. The van der Waals surface area contributed by atoms with Gasteiger partial charge in [0.2, 0.25) is 5.91 Å². The fraction of sp³-hybridized carbons (Fsp3) is 0.263. The molecule has 0 atom stereocenters. The number of aryl methyl sites for hydroxylation is 2. The number of carbonyl (C=O) groups excluding carboxylic acids is 1. The molecule has 2 aromatic carbocycles. The number of para-hydroxylation sites is 2. The minimum Gasteiger partial charge on any atom is -0.441 e. The average Bonchev–Trinajstić information content (AvgIpc) is 2.98. The van der Waals surface area contributed by atoms with Gasteiger partial charge in [0.25, 0.3) is 0 Å². The quantitative estimate of drug-likeness (QED) is 0.683. The second-order valence-corrected chi connectivity index (χ2v) is 5.83. The third kappa shape index (κ3) is 3.74. The Morgan fingerprint density at radius 3 is 2.79 bits per heavy atom. The number of rotatable bonds is 6. The van der Waals surface area contributed by atoms with E-state index in [1.54, 1.807) is 0 Å². The van der Waals surface area contributed by atoms with Crippen molar-refractivity contribution in [2.45, 2.75) is 26.2 Å². The summed E-state index contributed by atoms with van der Waals surface area (Å²) in [6.07, 6.45) is 1.63. The predicted octanol–water partition coefficient (Wildman–Crippen LogP) is 3.01. The van der Waals surface area contributed by atoms with E-state index in [0.29, 0.717) is 31.7 Å². The number of hydrogen-bond donors (Lipinski definition) is 2. The summed E-state index contributed by atoms with van der Waals surface area (Å²) in [4.78, 5) is 16.4. The molecular formula is C19H21N3O2. The Balaban J connectivity index is 1.48. The zero-order chi connectivity index (χ0) is 16.9. The van der Waals surface area contributed by atoms with Crippen molar-refractivity contribution in [1.82, 2.24) is 10.3 Å². The summed E-state index contributed by atoms with van der Waals surface area (Å²) >= 11 is 0. The van der Waals surface area contributed by atoms with Crippen molar-refractivity contribution in [2.24, 2.45) is 0 Å². The van der Waals surface area contributed by atoms with Gasteiger partial charge in [-0.1, -0.05) is 30.3 Å². The minimum absolute atomic E-state index is 0.00513. The number of oxazole rings is 1. The van der Waals surface area contributed by atoms with E-state index >= 15 is 0 Å². The van der Waals surface area contributed by atoms with Crippen molar-refractivity contribution in [2.75, 3.05) is 12.3 Å². The maximum Gasteiger partial charge on any atom is 0.220 e. The van der Waals surface area contributed by atoms with Gasteiger partial charge in [-0.3, -0.25) is 4.79 Å². The molecule has 0 aliphatic rings. The normalized spacial score (nSPS) is 10.9. The van der Waals surface area contributed by atoms with Crippen molar-refractivity contribution in [3.8, 4) is 0 Å². The Labute approximate surface area is 140 Å². The largest absolute Gasteiger partial charge is 0.441 e. The first-order valence-corrected chi connectivity index (χ1v) is 8.08. The Hall–Kier alpha value is -2.82. The van der Waals surface area contributed by atoms with Crippen LogP contribution in [-0.2, 0) is 17.6 Å². The van der Waals surface area contributed by atoms with Gasteiger partial charge < -0.3 is 15.5 Å². The smallest absolute Gasteiger partial charge is 0.220 e. The molecule has 1 heterocycles. The van der Waals surface area contributed by atoms with E-state index in [2.05, 4.69) is 10.3 Å². The molecule has 0 unspecified atom stereocenters. The van der Waals surface area contributed by atoms with Crippen molar-refractivity contribution in [3.05, 3.63) is 59.5 Å². The molecule has 24 heavy (non-hydrogen) atoms. The topological polar surface area (TPSA) is 81.2 Å². The van der Waals surface area contributed by atoms with E-state index in [4.69, 9.17) is 10.2 Å². The number of benzene rings is 2. The molecule has 5 nitrogen and oxygen atoms in total. The molecule has 1 amide bonds. The summed E-state index contributed by atoms with van der Waals surface area (Å²) in [7, 11) is 0. The summed E-state index contributed by atoms with van der Waals surface area (Å²) in [6.45, 7) is 2.51. The van der Waals surface area contributed by atoms with E-state index in [-0.39, 0.29) is 5.91 Å². The van der Waals surface area contributed by atoms with Gasteiger partial charge in [-0.05, 0) is 36.6 Å². The van der Waals surface area contributed by atoms with Crippen LogP contribution in [0.1, 0.15) is 23.4 Å². The molecule has 0 spiro atoms. The van der Waals surface area contributed by atoms with Gasteiger partial charge in [0.05, 0.1) is 0 Å². The van der Waals surface area contributed by atoms with Crippen LogP contribution in [-0.4, -0.2) is 17.4 Å². The fourth-order valence-electron chi connectivity index (χ4n) is 2.65. The van der Waals surface area contributed by atoms with E-state index in [0.717, 1.165) is 27.9 Å². The van der Waals surface area contributed by atoms with Crippen LogP contribution >= 0.6 is 0 Å². The van der Waals surface area contributed by atoms with Crippen LogP contribution in [0.15, 0.2) is 46.9 Å². The van der Waals surface area contributed by atoms with Crippen LogP contribution in [0.3, 0.4) is 0 Å². The highest BCUT2D eigenvalue weighted by molar-refractivity contribution is 5.77. The van der Waals surface area contributed by atoms with Gasteiger partial charge in [0.15, 0.2) is 11.5 Å². The molecule has 3 rings (SSSR count). The monoisotopic (exact) mass is 323 g/mol. The number of nitrogen functional groups attached to an aromatic ring is 1. The Morgan fingerprint density at radius 1 is 1.17 bits per heavy atom. The number of nitrogens with zero attached hydrogens (tertiary/aromatic N) is 1. The molecular weight excluding hydrogens is 302 g/mol. The number of amides is 1. The third-order valence-electron chi connectivity index (χ3n) is 4.00. The molecule has 3 aromatic rings. The molecule has 1 aromatic heterocycles. The van der Waals surface area contributed by atoms with Crippen molar-refractivity contribution in [3.63, 3.8) is 0 Å².